The van der Waals surface area contributed by atoms with Crippen LogP contribution in [0.5, 0.6) is 34.5 Å². The Balaban J connectivity index is 1.24. The van der Waals surface area contributed by atoms with E-state index >= 15 is 0 Å². The number of unbranched alkanes of at least 4 members (excludes halogenated alkanes) is 5. The minimum atomic E-state index is 0.00844. The van der Waals surface area contributed by atoms with E-state index in [1.807, 2.05) is 12.2 Å². The Kier molecular flexibility index (Phi) is 18.5. The van der Waals surface area contributed by atoms with Crippen molar-refractivity contribution in [2.45, 2.75) is 144 Å². The summed E-state index contributed by atoms with van der Waals surface area (Å²) in [4.78, 5) is 8.73. The highest BCUT2D eigenvalue weighted by atomic mass is 32.1. The fourth-order valence-electron chi connectivity index (χ4n) is 9.53. The smallest absolute Gasteiger partial charge is 0.181 e. The molecule has 10 heteroatoms. The first-order valence-electron chi connectivity index (χ1n) is 25.4. The SMILES string of the molecule is C=Cc1sc(-c2ccc(-c3cc(OCC(CC)CCCC)c(-c4ccc(-c5sc(C=C)c6c5OCC(CCCC)(CCCC)CO6)s4)cc3OC)s2)c2c1OCC(CCCC)(CCCC)CO2. The van der Waals surface area contributed by atoms with E-state index < -0.39 is 0 Å². The first kappa shape index (κ1) is 51.2. The summed E-state index contributed by atoms with van der Waals surface area (Å²) >= 11 is 6.92. The van der Waals surface area contributed by atoms with E-state index in [4.69, 9.17) is 28.4 Å². The van der Waals surface area contributed by atoms with Gasteiger partial charge in [0.25, 0.3) is 0 Å². The molecule has 0 saturated heterocycles. The summed E-state index contributed by atoms with van der Waals surface area (Å²) in [5.41, 5.74) is 2.06. The molecule has 1 unspecified atom stereocenters. The van der Waals surface area contributed by atoms with Crippen LogP contribution in [-0.4, -0.2) is 40.1 Å². The Hall–Kier alpha value is -3.70. The number of hydrogen-bond acceptors (Lipinski definition) is 10. The second-order valence-corrected chi connectivity index (χ2v) is 23.3. The molecule has 6 nitrogen and oxygen atoms in total. The summed E-state index contributed by atoms with van der Waals surface area (Å²) in [5, 5.41) is 0. The first-order chi connectivity index (χ1) is 32.7. The van der Waals surface area contributed by atoms with Crippen LogP contribution >= 0.6 is 45.3 Å². The molecule has 0 radical (unpaired) electrons. The molecule has 7 rings (SSSR count). The van der Waals surface area contributed by atoms with Crippen LogP contribution in [0.2, 0.25) is 0 Å². The Morgan fingerprint density at radius 3 is 1.36 bits per heavy atom. The van der Waals surface area contributed by atoms with E-state index in [1.54, 1.807) is 52.5 Å². The highest BCUT2D eigenvalue weighted by Crippen LogP contribution is 2.56. The molecule has 6 heterocycles. The van der Waals surface area contributed by atoms with Gasteiger partial charge in [0.15, 0.2) is 23.0 Å². The summed E-state index contributed by atoms with van der Waals surface area (Å²) in [6, 6.07) is 13.3. The summed E-state index contributed by atoms with van der Waals surface area (Å²) in [5.74, 6) is 5.54. The average molecular weight is 985 g/mol. The van der Waals surface area contributed by atoms with Crippen LogP contribution in [0.4, 0.5) is 0 Å². The minimum absolute atomic E-state index is 0.00844. The number of methoxy groups -OCH3 is 1. The van der Waals surface area contributed by atoms with Gasteiger partial charge in [-0.15, -0.1) is 45.3 Å². The molecule has 5 aromatic rings. The summed E-state index contributed by atoms with van der Waals surface area (Å²) in [6.45, 7) is 25.3. The maximum absolute atomic E-state index is 6.96. The van der Waals surface area contributed by atoms with Gasteiger partial charge in [-0.05, 0) is 86.6 Å². The predicted molar refractivity (Wildman–Crippen MR) is 290 cm³/mol. The van der Waals surface area contributed by atoms with Crippen LogP contribution in [-0.2, 0) is 0 Å². The molecular weight excluding hydrogens is 909 g/mol. The zero-order chi connectivity index (χ0) is 47.4. The molecule has 4 aromatic heterocycles. The lowest BCUT2D eigenvalue weighted by Crippen LogP contribution is -2.33. The number of benzene rings is 1. The van der Waals surface area contributed by atoms with Crippen LogP contribution < -0.4 is 28.4 Å². The van der Waals surface area contributed by atoms with E-state index in [1.165, 1.54) is 38.5 Å². The zero-order valence-corrected chi connectivity index (χ0v) is 44.8. The summed E-state index contributed by atoms with van der Waals surface area (Å²) < 4.78 is 40.4. The molecular formula is C57H76O6S4. The molecule has 0 fully saturated rings. The van der Waals surface area contributed by atoms with Crippen molar-refractivity contribution < 1.29 is 28.4 Å². The summed E-state index contributed by atoms with van der Waals surface area (Å²) in [7, 11) is 1.77. The van der Waals surface area contributed by atoms with Crippen LogP contribution in [0.3, 0.4) is 0 Å². The van der Waals surface area contributed by atoms with Gasteiger partial charge in [0.05, 0.1) is 59.7 Å². The van der Waals surface area contributed by atoms with E-state index in [-0.39, 0.29) is 10.8 Å². The number of hydrogen-bond donors (Lipinski definition) is 0. The number of rotatable bonds is 26. The lowest BCUT2D eigenvalue weighted by atomic mass is 9.79. The molecule has 0 aliphatic carbocycles. The Morgan fingerprint density at radius 1 is 0.552 bits per heavy atom. The lowest BCUT2D eigenvalue weighted by Gasteiger charge is -2.31. The quantitative estimate of drug-likeness (QED) is 0.0550. The third-order valence-corrected chi connectivity index (χ3v) is 18.8. The highest BCUT2D eigenvalue weighted by molar-refractivity contribution is 7.25. The minimum Gasteiger partial charge on any atom is -0.496 e. The highest BCUT2D eigenvalue weighted by Gasteiger charge is 2.38. The largest absolute Gasteiger partial charge is 0.496 e. The lowest BCUT2D eigenvalue weighted by molar-refractivity contribution is 0.0794. The Bertz CT molecular complexity index is 2360. The van der Waals surface area contributed by atoms with E-state index in [9.17, 15) is 0 Å². The van der Waals surface area contributed by atoms with Crippen molar-refractivity contribution in [1.29, 1.82) is 0 Å². The second kappa shape index (κ2) is 24.2. The Labute approximate surface area is 418 Å². The molecule has 0 saturated carbocycles. The van der Waals surface area contributed by atoms with Gasteiger partial charge < -0.3 is 28.4 Å². The predicted octanol–water partition coefficient (Wildman–Crippen LogP) is 18.8. The van der Waals surface area contributed by atoms with Crippen LogP contribution in [0.1, 0.15) is 154 Å². The molecule has 1 aromatic carbocycles. The van der Waals surface area contributed by atoms with Gasteiger partial charge in [0.2, 0.25) is 0 Å². The number of fused-ring (bicyclic) bond motifs is 2. The van der Waals surface area contributed by atoms with Crippen LogP contribution in [0.15, 0.2) is 49.6 Å². The maximum atomic E-state index is 6.96. The molecule has 2 aliphatic heterocycles. The third kappa shape index (κ3) is 11.7. The number of thiophene rings is 4. The maximum Gasteiger partial charge on any atom is 0.181 e. The van der Waals surface area contributed by atoms with E-state index in [0.717, 1.165) is 149 Å². The van der Waals surface area contributed by atoms with Gasteiger partial charge >= 0.3 is 0 Å². The van der Waals surface area contributed by atoms with Gasteiger partial charge in [-0.25, -0.2) is 0 Å². The molecule has 0 N–H and O–H groups in total. The standard InChI is InChI=1S/C57H76O6S4/c1-10-18-23-39(15-6)34-59-43-33-40(46-24-26-48(64-46)54-52-50(44(16-7)66-54)60-35-56(37-62-52,28-19-11-2)29-20-12-3)42(58-9)32-41(43)47-25-27-49(65-47)55-53-51(45(17-8)67-55)61-36-57(38-63-53,30-21-13-4)31-22-14-5/h16-17,24-27,32-33,39H,7-8,10-15,18-23,28-31,34-38H2,1-6,9H3. The van der Waals surface area contributed by atoms with Crippen molar-refractivity contribution in [3.63, 3.8) is 0 Å². The van der Waals surface area contributed by atoms with Crippen molar-refractivity contribution in [2.75, 3.05) is 40.1 Å². The second-order valence-electron chi connectivity index (χ2n) is 19.0. The zero-order valence-electron chi connectivity index (χ0n) is 41.5. The molecule has 67 heavy (non-hydrogen) atoms. The van der Waals surface area contributed by atoms with Crippen molar-refractivity contribution in [2.24, 2.45) is 16.7 Å². The molecule has 1 atom stereocenters. The van der Waals surface area contributed by atoms with Crippen molar-refractivity contribution in [3.8, 4) is 74.9 Å². The van der Waals surface area contributed by atoms with Crippen molar-refractivity contribution in [1.82, 2.24) is 0 Å². The number of ether oxygens (including phenoxy) is 6. The molecule has 364 valence electrons. The van der Waals surface area contributed by atoms with E-state index in [0.29, 0.717) is 39.0 Å². The van der Waals surface area contributed by atoms with Gasteiger partial charge in [-0.2, -0.15) is 0 Å². The van der Waals surface area contributed by atoms with Crippen LogP contribution in [0, 0.1) is 16.7 Å². The third-order valence-electron chi connectivity index (χ3n) is 13.9. The molecule has 0 bridgehead atoms. The Morgan fingerprint density at radius 2 is 0.955 bits per heavy atom. The molecule has 0 spiro atoms. The van der Waals surface area contributed by atoms with Crippen LogP contribution in [0.25, 0.3) is 52.5 Å². The van der Waals surface area contributed by atoms with Gasteiger partial charge in [0, 0.05) is 41.5 Å². The van der Waals surface area contributed by atoms with Gasteiger partial charge in [-0.3, -0.25) is 0 Å². The monoisotopic (exact) mass is 984 g/mol. The summed E-state index contributed by atoms with van der Waals surface area (Å²) in [6.07, 6.45) is 22.2. The fourth-order valence-corrected chi connectivity index (χ4v) is 13.9. The normalized spacial score (nSPS) is 15.4. The van der Waals surface area contributed by atoms with Gasteiger partial charge in [0.1, 0.15) is 11.5 Å². The average Bonchev–Trinajstić information content (AvgIpc) is 4.14. The molecule has 0 amide bonds. The first-order valence-corrected chi connectivity index (χ1v) is 28.6. The topological polar surface area (TPSA) is 55.4 Å². The molecule has 2 aliphatic rings. The van der Waals surface area contributed by atoms with Gasteiger partial charge in [-0.1, -0.05) is 125 Å². The fraction of sp³-hybridized carbons (Fsp3) is 0.544. The van der Waals surface area contributed by atoms with Crippen molar-refractivity contribution in [3.05, 3.63) is 59.3 Å². The van der Waals surface area contributed by atoms with E-state index in [2.05, 4.69) is 91.1 Å². The van der Waals surface area contributed by atoms with Crippen molar-refractivity contribution >= 4 is 57.5 Å².